The van der Waals surface area contributed by atoms with Gasteiger partial charge in [0, 0.05) is 0 Å². The third-order valence-corrected chi connectivity index (χ3v) is 4.81. The third kappa shape index (κ3) is 6.66. The van der Waals surface area contributed by atoms with Crippen molar-refractivity contribution in [1.82, 2.24) is 0 Å². The van der Waals surface area contributed by atoms with Crippen LogP contribution in [0.15, 0.2) is 47.1 Å². The van der Waals surface area contributed by atoms with Gasteiger partial charge in [-0.3, -0.25) is 14.4 Å². The Morgan fingerprint density at radius 1 is 1.04 bits per heavy atom. The highest BCUT2D eigenvalue weighted by atomic mass is 16.5. The van der Waals surface area contributed by atoms with Crippen LogP contribution in [0.3, 0.4) is 0 Å². The molecule has 0 aromatic rings. The lowest BCUT2D eigenvalue weighted by Crippen LogP contribution is -2.24. The number of esters is 2. The van der Waals surface area contributed by atoms with Crippen LogP contribution in [0, 0.1) is 11.3 Å². The van der Waals surface area contributed by atoms with Crippen molar-refractivity contribution in [2.45, 2.75) is 47.0 Å². The molecule has 0 atom stereocenters. The van der Waals surface area contributed by atoms with Crippen LogP contribution >= 0.6 is 0 Å². The van der Waals surface area contributed by atoms with Crippen molar-refractivity contribution in [2.75, 3.05) is 14.2 Å². The molecule has 1 aliphatic rings. The zero-order valence-corrected chi connectivity index (χ0v) is 17.1. The van der Waals surface area contributed by atoms with E-state index in [2.05, 4.69) is 30.2 Å². The number of hydrogen-bond acceptors (Lipinski definition) is 5. The Morgan fingerprint density at radius 2 is 1.63 bits per heavy atom. The smallest absolute Gasteiger partial charge is 0.324 e. The van der Waals surface area contributed by atoms with Gasteiger partial charge in [0.25, 0.3) is 0 Å². The zero-order chi connectivity index (χ0) is 20.6. The molecule has 148 valence electrons. The number of ketones is 1. The summed E-state index contributed by atoms with van der Waals surface area (Å²) < 4.78 is 9.21. The molecule has 0 N–H and O–H groups in total. The summed E-state index contributed by atoms with van der Waals surface area (Å²) in [6.45, 7) is 8.21. The molecule has 0 aliphatic heterocycles. The second kappa shape index (κ2) is 10.0. The van der Waals surface area contributed by atoms with Crippen molar-refractivity contribution in [2.24, 2.45) is 11.3 Å². The summed E-state index contributed by atoms with van der Waals surface area (Å²) in [5.74, 6) is -2.71. The molecule has 0 unspecified atom stereocenters. The van der Waals surface area contributed by atoms with Crippen LogP contribution in [0.1, 0.15) is 47.0 Å². The van der Waals surface area contributed by atoms with Gasteiger partial charge in [-0.1, -0.05) is 43.2 Å². The van der Waals surface area contributed by atoms with Crippen molar-refractivity contribution >= 4 is 17.7 Å². The van der Waals surface area contributed by atoms with E-state index in [9.17, 15) is 14.4 Å². The molecule has 0 fully saturated rings. The highest BCUT2D eigenvalue weighted by Crippen LogP contribution is 2.40. The Labute approximate surface area is 161 Å². The second-order valence-corrected chi connectivity index (χ2v) is 7.44. The minimum absolute atomic E-state index is 0.0763. The van der Waals surface area contributed by atoms with E-state index in [-0.39, 0.29) is 11.2 Å². The Morgan fingerprint density at radius 3 is 2.15 bits per heavy atom. The molecule has 0 bridgehead atoms. The van der Waals surface area contributed by atoms with Gasteiger partial charge >= 0.3 is 11.9 Å². The van der Waals surface area contributed by atoms with Gasteiger partial charge in [0.1, 0.15) is 0 Å². The predicted molar refractivity (Wildman–Crippen MR) is 105 cm³/mol. The molecular weight excluding hydrogens is 344 g/mol. The Kier molecular flexibility index (Phi) is 8.41. The van der Waals surface area contributed by atoms with E-state index < -0.39 is 17.9 Å². The van der Waals surface area contributed by atoms with Gasteiger partial charge in [0.15, 0.2) is 11.7 Å². The number of methoxy groups -OCH3 is 2. The molecule has 1 rings (SSSR count). The number of carbonyl (C=O) groups is 3. The number of hydrogen-bond donors (Lipinski definition) is 0. The highest BCUT2D eigenvalue weighted by Gasteiger charge is 2.27. The summed E-state index contributed by atoms with van der Waals surface area (Å²) >= 11 is 0. The summed E-state index contributed by atoms with van der Waals surface area (Å²) in [7, 11) is 2.41. The Balaban J connectivity index is 2.87. The average Bonchev–Trinajstić information content (AvgIpc) is 2.62. The molecule has 0 saturated heterocycles. The van der Waals surface area contributed by atoms with E-state index in [4.69, 9.17) is 0 Å². The van der Waals surface area contributed by atoms with Crippen molar-refractivity contribution < 1.29 is 23.9 Å². The van der Waals surface area contributed by atoms with Crippen LogP contribution < -0.4 is 0 Å². The van der Waals surface area contributed by atoms with Gasteiger partial charge in [-0.25, -0.2) is 0 Å². The predicted octanol–water partition coefficient (Wildman–Crippen LogP) is 4.10. The maximum absolute atomic E-state index is 12.2. The minimum Gasteiger partial charge on any atom is -0.468 e. The van der Waals surface area contributed by atoms with Crippen LogP contribution in [0.5, 0.6) is 0 Å². The zero-order valence-electron chi connectivity index (χ0n) is 17.1. The van der Waals surface area contributed by atoms with Crippen molar-refractivity contribution in [3.63, 3.8) is 0 Å². The fraction of sp³-hybridized carbons (Fsp3) is 0.500. The van der Waals surface area contributed by atoms with Crippen LogP contribution in [0.2, 0.25) is 0 Å². The summed E-state index contributed by atoms with van der Waals surface area (Å²) in [5.41, 5.74) is 3.21. The van der Waals surface area contributed by atoms with Crippen LogP contribution in [-0.2, 0) is 23.9 Å². The molecule has 0 aromatic carbocycles. The van der Waals surface area contributed by atoms with E-state index in [0.29, 0.717) is 5.57 Å². The van der Waals surface area contributed by atoms with E-state index in [1.807, 2.05) is 6.08 Å². The summed E-state index contributed by atoms with van der Waals surface area (Å²) in [4.78, 5) is 35.5. The fourth-order valence-corrected chi connectivity index (χ4v) is 3.25. The summed E-state index contributed by atoms with van der Waals surface area (Å²) in [6.07, 6.45) is 11.2. The van der Waals surface area contributed by atoms with Crippen molar-refractivity contribution in [3.8, 4) is 0 Å². The SMILES string of the molecule is COC(=O)C(C=C(C)C=CC(=O)C=CC1=C(C)CCCC1(C)C)C(=O)OC. The number of carbonyl (C=O) groups excluding carboxylic acids is 3. The van der Waals surface area contributed by atoms with Crippen LogP contribution in [0.4, 0.5) is 0 Å². The van der Waals surface area contributed by atoms with Gasteiger partial charge in [0.05, 0.1) is 14.2 Å². The first-order chi connectivity index (χ1) is 12.6. The molecule has 5 nitrogen and oxygen atoms in total. The molecule has 5 heteroatoms. The molecule has 0 radical (unpaired) electrons. The molecular formula is C22H30O5. The normalized spacial score (nSPS) is 17.7. The lowest BCUT2D eigenvalue weighted by Gasteiger charge is -2.32. The van der Waals surface area contributed by atoms with E-state index in [0.717, 1.165) is 12.8 Å². The number of allylic oxidation sites excluding steroid dienone is 7. The van der Waals surface area contributed by atoms with Crippen molar-refractivity contribution in [1.29, 1.82) is 0 Å². The van der Waals surface area contributed by atoms with Gasteiger partial charge in [-0.2, -0.15) is 0 Å². The minimum atomic E-state index is -1.15. The lowest BCUT2D eigenvalue weighted by molar-refractivity contribution is -0.156. The average molecular weight is 374 g/mol. The largest absolute Gasteiger partial charge is 0.468 e. The highest BCUT2D eigenvalue weighted by molar-refractivity contribution is 6.00. The van der Waals surface area contributed by atoms with Crippen LogP contribution in [0.25, 0.3) is 0 Å². The van der Waals surface area contributed by atoms with Crippen molar-refractivity contribution in [3.05, 3.63) is 47.1 Å². The van der Waals surface area contributed by atoms with Gasteiger partial charge in [0.2, 0.25) is 0 Å². The van der Waals surface area contributed by atoms with Crippen LogP contribution in [-0.4, -0.2) is 31.9 Å². The summed E-state index contributed by atoms with van der Waals surface area (Å²) in [6, 6.07) is 0. The first-order valence-corrected chi connectivity index (χ1v) is 9.06. The first kappa shape index (κ1) is 22.6. The fourth-order valence-electron chi connectivity index (χ4n) is 3.25. The number of rotatable bonds is 7. The quantitative estimate of drug-likeness (QED) is 0.290. The first-order valence-electron chi connectivity index (χ1n) is 9.06. The maximum atomic E-state index is 12.2. The molecule has 0 saturated carbocycles. The van der Waals surface area contributed by atoms with E-state index in [1.165, 1.54) is 43.9 Å². The molecule has 0 spiro atoms. The maximum Gasteiger partial charge on any atom is 0.324 e. The molecule has 0 amide bonds. The Hall–Kier alpha value is -2.43. The lowest BCUT2D eigenvalue weighted by atomic mass is 9.72. The van der Waals surface area contributed by atoms with E-state index in [1.54, 1.807) is 19.1 Å². The topological polar surface area (TPSA) is 69.7 Å². The molecule has 27 heavy (non-hydrogen) atoms. The monoisotopic (exact) mass is 374 g/mol. The standard InChI is InChI=1S/C22H30O5/c1-15(14-18(20(24)26-5)21(25)27-6)9-10-17(23)11-12-19-16(2)8-7-13-22(19,3)4/h9-12,14,18H,7-8,13H2,1-6H3. The van der Waals surface area contributed by atoms with Gasteiger partial charge < -0.3 is 9.47 Å². The van der Waals surface area contributed by atoms with Gasteiger partial charge in [-0.05, 0) is 56.3 Å². The summed E-state index contributed by atoms with van der Waals surface area (Å²) in [5, 5.41) is 0. The molecule has 0 heterocycles. The van der Waals surface area contributed by atoms with E-state index >= 15 is 0 Å². The van der Waals surface area contributed by atoms with Gasteiger partial charge in [-0.15, -0.1) is 0 Å². The second-order valence-electron chi connectivity index (χ2n) is 7.44. The Bertz CT molecular complexity index is 688. The number of ether oxygens (including phenoxy) is 2. The molecule has 1 aliphatic carbocycles. The third-order valence-electron chi connectivity index (χ3n) is 4.81. The molecule has 0 aromatic heterocycles.